The van der Waals surface area contributed by atoms with Gasteiger partial charge >= 0.3 is 0 Å². The largest absolute Gasteiger partial charge is 0.398 e. The fourth-order valence-corrected chi connectivity index (χ4v) is 2.63. The van der Waals surface area contributed by atoms with E-state index in [4.69, 9.17) is 5.73 Å². The molecule has 0 aliphatic rings. The summed E-state index contributed by atoms with van der Waals surface area (Å²) in [5.41, 5.74) is 12.2. The Morgan fingerprint density at radius 3 is 2.05 bits per heavy atom. The maximum Gasteiger partial charge on any atom is 0.193 e. The minimum absolute atomic E-state index is 0.0333. The number of carbonyl (C=O) groups excluding carboxylic acids is 1. The van der Waals surface area contributed by atoms with Gasteiger partial charge in [0, 0.05) is 21.3 Å². The highest BCUT2D eigenvalue weighted by atomic mass is 79.9. The maximum atomic E-state index is 12.8. The normalized spacial score (nSPS) is 10.7. The third kappa shape index (κ3) is 2.50. The van der Waals surface area contributed by atoms with E-state index in [1.54, 1.807) is 12.1 Å². The van der Waals surface area contributed by atoms with Crippen LogP contribution in [0.5, 0.6) is 0 Å². The smallest absolute Gasteiger partial charge is 0.193 e. The van der Waals surface area contributed by atoms with Crippen LogP contribution in [0.15, 0.2) is 28.7 Å². The summed E-state index contributed by atoms with van der Waals surface area (Å²) in [5.74, 6) is 0.0333. The molecule has 0 spiro atoms. The molecule has 0 unspecified atom stereocenters. The minimum Gasteiger partial charge on any atom is -0.398 e. The molecule has 2 aromatic carbocycles. The van der Waals surface area contributed by atoms with Gasteiger partial charge < -0.3 is 5.73 Å². The lowest BCUT2D eigenvalue weighted by atomic mass is 9.89. The third-order valence-electron chi connectivity index (χ3n) is 3.85. The predicted octanol–water partition coefficient (Wildman–Crippen LogP) is 4.50. The van der Waals surface area contributed by atoms with E-state index in [2.05, 4.69) is 22.0 Å². The molecule has 2 aromatic rings. The molecule has 0 atom stereocenters. The lowest BCUT2D eigenvalue weighted by Crippen LogP contribution is -2.09. The third-order valence-corrected chi connectivity index (χ3v) is 4.57. The van der Waals surface area contributed by atoms with Crippen LogP contribution < -0.4 is 5.73 Å². The van der Waals surface area contributed by atoms with Crippen molar-refractivity contribution in [1.29, 1.82) is 0 Å². The van der Waals surface area contributed by atoms with Crippen LogP contribution in [0.1, 0.15) is 38.2 Å². The van der Waals surface area contributed by atoms with Gasteiger partial charge in [-0.15, -0.1) is 0 Å². The van der Waals surface area contributed by atoms with Crippen molar-refractivity contribution < 1.29 is 4.79 Å². The average Bonchev–Trinajstić information content (AvgIpc) is 2.40. The lowest BCUT2D eigenvalue weighted by molar-refractivity contribution is 0.103. The monoisotopic (exact) mass is 331 g/mol. The number of carbonyl (C=O) groups is 1. The summed E-state index contributed by atoms with van der Waals surface area (Å²) in [6.45, 7) is 8.07. The molecule has 0 aliphatic heterocycles. The minimum atomic E-state index is 0.0333. The van der Waals surface area contributed by atoms with Gasteiger partial charge in [0.25, 0.3) is 0 Å². The molecule has 104 valence electrons. The van der Waals surface area contributed by atoms with Crippen molar-refractivity contribution in [3.8, 4) is 0 Å². The predicted molar refractivity (Wildman–Crippen MR) is 87.4 cm³/mol. The van der Waals surface area contributed by atoms with Crippen molar-refractivity contribution in [2.24, 2.45) is 0 Å². The van der Waals surface area contributed by atoms with Crippen LogP contribution in [0.3, 0.4) is 0 Å². The van der Waals surface area contributed by atoms with Crippen molar-refractivity contribution in [2.45, 2.75) is 27.7 Å². The van der Waals surface area contributed by atoms with Crippen LogP contribution in [0.4, 0.5) is 5.69 Å². The second kappa shape index (κ2) is 5.41. The van der Waals surface area contributed by atoms with Gasteiger partial charge in [-0.3, -0.25) is 4.79 Å². The Balaban J connectivity index is 2.62. The summed E-state index contributed by atoms with van der Waals surface area (Å²) in [7, 11) is 0. The molecule has 3 heteroatoms. The number of hydrogen-bond acceptors (Lipinski definition) is 2. The summed E-state index contributed by atoms with van der Waals surface area (Å²) in [6.07, 6.45) is 0. The number of aryl methyl sites for hydroxylation is 2. The zero-order valence-electron chi connectivity index (χ0n) is 12.2. The van der Waals surface area contributed by atoms with Gasteiger partial charge in [0.05, 0.1) is 0 Å². The van der Waals surface area contributed by atoms with Gasteiger partial charge in [-0.1, -0.05) is 6.07 Å². The molecule has 0 aromatic heterocycles. The molecule has 0 saturated carbocycles. The first-order valence-electron chi connectivity index (χ1n) is 6.50. The molecular weight excluding hydrogens is 314 g/mol. The molecular formula is C17H18BrNO. The molecule has 0 bridgehead atoms. The quantitative estimate of drug-likeness (QED) is 0.650. The number of nitrogens with two attached hydrogens (primary N) is 1. The first-order chi connectivity index (χ1) is 9.32. The van der Waals surface area contributed by atoms with Gasteiger partial charge in [0.1, 0.15) is 0 Å². The number of ketones is 1. The van der Waals surface area contributed by atoms with E-state index in [1.165, 1.54) is 0 Å². The van der Waals surface area contributed by atoms with Crippen LogP contribution in [0, 0.1) is 27.7 Å². The van der Waals surface area contributed by atoms with Gasteiger partial charge in [-0.05, 0) is 84.1 Å². The molecule has 20 heavy (non-hydrogen) atoms. The molecule has 0 amide bonds. The van der Waals surface area contributed by atoms with E-state index < -0.39 is 0 Å². The van der Waals surface area contributed by atoms with Gasteiger partial charge in [0.2, 0.25) is 0 Å². The van der Waals surface area contributed by atoms with E-state index >= 15 is 0 Å². The fraction of sp³-hybridized carbons (Fsp3) is 0.235. The van der Waals surface area contributed by atoms with Gasteiger partial charge in [0.15, 0.2) is 5.78 Å². The molecule has 0 radical (unpaired) electrons. The molecule has 0 heterocycles. The Kier molecular flexibility index (Phi) is 4.00. The number of nitrogen functional groups attached to an aromatic ring is 1. The van der Waals surface area contributed by atoms with Crippen molar-refractivity contribution >= 4 is 27.4 Å². The van der Waals surface area contributed by atoms with E-state index in [0.29, 0.717) is 11.3 Å². The van der Waals surface area contributed by atoms with E-state index in [9.17, 15) is 4.79 Å². The summed E-state index contributed by atoms with van der Waals surface area (Å²) < 4.78 is 0.808. The number of halogens is 1. The van der Waals surface area contributed by atoms with E-state index in [0.717, 1.165) is 32.3 Å². The maximum absolute atomic E-state index is 12.8. The van der Waals surface area contributed by atoms with Crippen molar-refractivity contribution in [2.75, 3.05) is 5.73 Å². The summed E-state index contributed by atoms with van der Waals surface area (Å²) in [4.78, 5) is 12.8. The van der Waals surface area contributed by atoms with Crippen LogP contribution in [-0.4, -0.2) is 5.78 Å². The molecule has 2 N–H and O–H groups in total. The Morgan fingerprint density at radius 1 is 1.00 bits per heavy atom. The Hall–Kier alpha value is -1.61. The highest BCUT2D eigenvalue weighted by Gasteiger charge is 2.18. The number of hydrogen-bond donors (Lipinski definition) is 1. The number of rotatable bonds is 2. The van der Waals surface area contributed by atoms with Crippen LogP contribution in [0.2, 0.25) is 0 Å². The first-order valence-corrected chi connectivity index (χ1v) is 7.29. The Labute approximate surface area is 128 Å². The van der Waals surface area contributed by atoms with Crippen LogP contribution in [-0.2, 0) is 0 Å². The number of benzene rings is 2. The highest BCUT2D eigenvalue weighted by molar-refractivity contribution is 9.10. The summed E-state index contributed by atoms with van der Waals surface area (Å²) in [5, 5.41) is 0. The zero-order valence-corrected chi connectivity index (χ0v) is 13.8. The molecule has 2 rings (SSSR count). The van der Waals surface area contributed by atoms with E-state index in [-0.39, 0.29) is 5.78 Å². The van der Waals surface area contributed by atoms with Crippen molar-refractivity contribution in [3.05, 3.63) is 62.1 Å². The molecule has 0 saturated heterocycles. The molecule has 0 fully saturated rings. The van der Waals surface area contributed by atoms with Gasteiger partial charge in [-0.2, -0.15) is 0 Å². The first kappa shape index (κ1) is 14.8. The SMILES string of the molecule is Cc1cc(C)c(C)c(C(=O)c2ccc(Br)c(N)c2)c1C. The fourth-order valence-electron chi connectivity index (χ4n) is 2.39. The Morgan fingerprint density at radius 2 is 1.55 bits per heavy atom. The average molecular weight is 332 g/mol. The molecule has 0 aliphatic carbocycles. The van der Waals surface area contributed by atoms with Crippen LogP contribution >= 0.6 is 15.9 Å². The van der Waals surface area contributed by atoms with Crippen molar-refractivity contribution in [1.82, 2.24) is 0 Å². The highest BCUT2D eigenvalue weighted by Crippen LogP contribution is 2.27. The number of anilines is 1. The van der Waals surface area contributed by atoms with Gasteiger partial charge in [-0.25, -0.2) is 0 Å². The molecule has 2 nitrogen and oxygen atoms in total. The second-order valence-corrected chi connectivity index (χ2v) is 6.06. The Bertz CT molecular complexity index is 678. The van der Waals surface area contributed by atoms with Crippen molar-refractivity contribution in [3.63, 3.8) is 0 Å². The van der Waals surface area contributed by atoms with Crippen LogP contribution in [0.25, 0.3) is 0 Å². The topological polar surface area (TPSA) is 43.1 Å². The second-order valence-electron chi connectivity index (χ2n) is 5.20. The van der Waals surface area contributed by atoms with E-state index in [1.807, 2.05) is 33.8 Å². The standard InChI is InChI=1S/C17H18BrNO/c1-9-7-10(2)12(4)16(11(9)3)17(20)13-5-6-14(18)15(19)8-13/h5-8H,19H2,1-4H3. The zero-order chi connectivity index (χ0) is 15.0. The summed E-state index contributed by atoms with van der Waals surface area (Å²) >= 11 is 3.35. The summed E-state index contributed by atoms with van der Waals surface area (Å²) in [6, 6.07) is 7.47. The lowest BCUT2D eigenvalue weighted by Gasteiger charge is -2.14.